The van der Waals surface area contributed by atoms with Crippen LogP contribution in [0.4, 0.5) is 19.0 Å². The van der Waals surface area contributed by atoms with E-state index >= 15 is 0 Å². The van der Waals surface area contributed by atoms with Gasteiger partial charge in [0.2, 0.25) is 0 Å². The fourth-order valence-electron chi connectivity index (χ4n) is 2.08. The highest BCUT2D eigenvalue weighted by molar-refractivity contribution is 5.54. The summed E-state index contributed by atoms with van der Waals surface area (Å²) in [7, 11) is 1.67. The van der Waals surface area contributed by atoms with E-state index in [2.05, 4.69) is 11.9 Å². The average Bonchev–Trinajstić information content (AvgIpc) is 3.02. The lowest BCUT2D eigenvalue weighted by molar-refractivity contribution is -0.141. The third-order valence-electron chi connectivity index (χ3n) is 3.43. The first-order valence-electron chi connectivity index (χ1n) is 6.02. The predicted molar refractivity (Wildman–Crippen MR) is 64.5 cm³/mol. The summed E-state index contributed by atoms with van der Waals surface area (Å²) in [5.41, 5.74) is -0.791. The van der Waals surface area contributed by atoms with E-state index in [-0.39, 0.29) is 11.4 Å². The Morgan fingerprint density at radius 2 is 2.11 bits per heavy atom. The van der Waals surface area contributed by atoms with E-state index in [1.807, 2.05) is 6.07 Å². The Hall–Kier alpha value is -1.77. The molecule has 1 fully saturated rings. The number of hydrogen-bond donors (Lipinski definition) is 0. The van der Waals surface area contributed by atoms with Crippen molar-refractivity contribution in [1.82, 2.24) is 4.98 Å². The van der Waals surface area contributed by atoms with Gasteiger partial charge in [-0.15, -0.1) is 0 Å². The number of halogens is 3. The van der Waals surface area contributed by atoms with Crippen molar-refractivity contribution in [3.05, 3.63) is 23.4 Å². The summed E-state index contributed by atoms with van der Waals surface area (Å²) in [6.07, 6.45) is -3.42. The molecule has 0 saturated heterocycles. The van der Waals surface area contributed by atoms with Crippen molar-refractivity contribution in [3.63, 3.8) is 0 Å². The molecule has 2 rings (SSSR count). The maximum absolute atomic E-state index is 12.6. The molecule has 3 nitrogen and oxygen atoms in total. The molecule has 0 N–H and O–H groups in total. The Labute approximate surface area is 109 Å². The molecule has 0 aromatic carbocycles. The van der Waals surface area contributed by atoms with Crippen molar-refractivity contribution in [2.75, 3.05) is 18.5 Å². The van der Waals surface area contributed by atoms with Crippen LogP contribution in [0.3, 0.4) is 0 Å². The first kappa shape index (κ1) is 13.7. The van der Waals surface area contributed by atoms with Crippen LogP contribution in [0.2, 0.25) is 0 Å². The molecule has 2 unspecified atom stereocenters. The molecule has 0 radical (unpaired) electrons. The van der Waals surface area contributed by atoms with Crippen LogP contribution < -0.4 is 4.90 Å². The minimum absolute atomic E-state index is 0.108. The van der Waals surface area contributed by atoms with Gasteiger partial charge >= 0.3 is 6.18 Å². The zero-order valence-electron chi connectivity index (χ0n) is 10.7. The van der Waals surface area contributed by atoms with Crippen molar-refractivity contribution in [2.45, 2.75) is 19.5 Å². The Kier molecular flexibility index (Phi) is 3.40. The zero-order chi connectivity index (χ0) is 14.2. The van der Waals surface area contributed by atoms with Crippen LogP contribution in [-0.4, -0.2) is 18.6 Å². The van der Waals surface area contributed by atoms with E-state index in [0.29, 0.717) is 18.4 Å². The van der Waals surface area contributed by atoms with Gasteiger partial charge in [0.1, 0.15) is 17.6 Å². The number of anilines is 1. The van der Waals surface area contributed by atoms with Crippen molar-refractivity contribution in [1.29, 1.82) is 5.26 Å². The Bertz CT molecular complexity index is 519. The highest BCUT2D eigenvalue weighted by Crippen LogP contribution is 2.39. The quantitative estimate of drug-likeness (QED) is 0.846. The van der Waals surface area contributed by atoms with Gasteiger partial charge in [-0.05, 0) is 30.4 Å². The number of hydrogen-bond acceptors (Lipinski definition) is 3. The van der Waals surface area contributed by atoms with Crippen molar-refractivity contribution >= 4 is 5.82 Å². The molecule has 1 aromatic heterocycles. The fraction of sp³-hybridized carbons (Fsp3) is 0.538. The first-order chi connectivity index (χ1) is 8.82. The normalized spacial score (nSPS) is 21.9. The lowest BCUT2D eigenvalue weighted by Crippen LogP contribution is -2.24. The Morgan fingerprint density at radius 1 is 1.47 bits per heavy atom. The summed E-state index contributed by atoms with van der Waals surface area (Å²) in [5, 5.41) is 8.96. The topological polar surface area (TPSA) is 39.9 Å². The Morgan fingerprint density at radius 3 is 2.58 bits per heavy atom. The molecule has 6 heteroatoms. The van der Waals surface area contributed by atoms with Gasteiger partial charge in [0, 0.05) is 13.6 Å². The molecule has 2 atom stereocenters. The standard InChI is InChI=1S/C13H14F3N3/c1-8-5-10(8)7-19(2)12-9(6-17)3-4-11(18-12)13(14,15)16/h3-4,8,10H,5,7H2,1-2H3. The number of pyridine rings is 1. The lowest BCUT2D eigenvalue weighted by Gasteiger charge is -2.20. The fourth-order valence-corrected chi connectivity index (χ4v) is 2.08. The van der Waals surface area contributed by atoms with Crippen molar-refractivity contribution < 1.29 is 13.2 Å². The Balaban J connectivity index is 2.28. The predicted octanol–water partition coefficient (Wildman–Crippen LogP) is 3.06. The summed E-state index contributed by atoms with van der Waals surface area (Å²) in [4.78, 5) is 5.24. The van der Waals surface area contributed by atoms with Gasteiger partial charge in [-0.2, -0.15) is 18.4 Å². The summed E-state index contributed by atoms with van der Waals surface area (Å²) in [5.74, 6) is 1.18. The molecule has 1 saturated carbocycles. The largest absolute Gasteiger partial charge is 0.433 e. The molecule has 102 valence electrons. The van der Waals surface area contributed by atoms with Gasteiger partial charge in [-0.1, -0.05) is 6.92 Å². The second kappa shape index (κ2) is 4.72. The number of alkyl halides is 3. The second-order valence-corrected chi connectivity index (χ2v) is 5.03. The monoisotopic (exact) mass is 269 g/mol. The molecule has 1 aromatic rings. The highest BCUT2D eigenvalue weighted by Gasteiger charge is 2.36. The molecule has 0 amide bonds. The molecule has 0 aliphatic heterocycles. The smallest absolute Gasteiger partial charge is 0.358 e. The van der Waals surface area contributed by atoms with Crippen LogP contribution in [0.15, 0.2) is 12.1 Å². The molecule has 1 heterocycles. The van der Waals surface area contributed by atoms with Gasteiger partial charge in [-0.25, -0.2) is 4.98 Å². The third-order valence-corrected chi connectivity index (χ3v) is 3.43. The number of nitriles is 1. The average molecular weight is 269 g/mol. The molecule has 0 bridgehead atoms. The minimum Gasteiger partial charge on any atom is -0.358 e. The number of nitrogens with zero attached hydrogens (tertiary/aromatic N) is 3. The number of rotatable bonds is 3. The molecule has 1 aliphatic rings. The van der Waals surface area contributed by atoms with E-state index in [9.17, 15) is 13.2 Å². The van der Waals surface area contributed by atoms with Gasteiger partial charge in [0.15, 0.2) is 0 Å². The highest BCUT2D eigenvalue weighted by atomic mass is 19.4. The van der Waals surface area contributed by atoms with Crippen LogP contribution in [0.1, 0.15) is 24.6 Å². The van der Waals surface area contributed by atoms with Crippen LogP contribution in [-0.2, 0) is 6.18 Å². The van der Waals surface area contributed by atoms with E-state index in [0.717, 1.165) is 12.5 Å². The van der Waals surface area contributed by atoms with Crippen LogP contribution in [0.25, 0.3) is 0 Å². The minimum atomic E-state index is -4.49. The summed E-state index contributed by atoms with van der Waals surface area (Å²) in [6.45, 7) is 2.73. The molecular weight excluding hydrogens is 255 g/mol. The molecule has 1 aliphatic carbocycles. The summed E-state index contributed by atoms with van der Waals surface area (Å²) in [6, 6.07) is 3.91. The zero-order valence-corrected chi connectivity index (χ0v) is 10.7. The van der Waals surface area contributed by atoms with Gasteiger partial charge in [0.25, 0.3) is 0 Å². The maximum atomic E-state index is 12.6. The van der Waals surface area contributed by atoms with Crippen LogP contribution in [0.5, 0.6) is 0 Å². The van der Waals surface area contributed by atoms with Crippen molar-refractivity contribution in [2.24, 2.45) is 11.8 Å². The van der Waals surface area contributed by atoms with E-state index in [1.165, 1.54) is 6.07 Å². The number of aromatic nitrogens is 1. The first-order valence-corrected chi connectivity index (χ1v) is 6.02. The van der Waals surface area contributed by atoms with Crippen molar-refractivity contribution in [3.8, 4) is 6.07 Å². The van der Waals surface area contributed by atoms with E-state index in [1.54, 1.807) is 11.9 Å². The van der Waals surface area contributed by atoms with Crippen LogP contribution >= 0.6 is 0 Å². The third kappa shape index (κ3) is 2.98. The van der Waals surface area contributed by atoms with Crippen LogP contribution in [0, 0.1) is 23.2 Å². The second-order valence-electron chi connectivity index (χ2n) is 5.03. The van der Waals surface area contributed by atoms with Gasteiger partial charge in [0.05, 0.1) is 5.56 Å². The summed E-state index contributed by atoms with van der Waals surface area (Å²) < 4.78 is 37.9. The lowest BCUT2D eigenvalue weighted by atomic mass is 10.2. The van der Waals surface area contributed by atoms with Gasteiger partial charge < -0.3 is 4.90 Å². The molecule has 0 spiro atoms. The van der Waals surface area contributed by atoms with Gasteiger partial charge in [-0.3, -0.25) is 0 Å². The molecular formula is C13H14F3N3. The molecule has 19 heavy (non-hydrogen) atoms. The van der Waals surface area contributed by atoms with E-state index in [4.69, 9.17) is 5.26 Å². The summed E-state index contributed by atoms with van der Waals surface area (Å²) >= 11 is 0. The SMILES string of the molecule is CC1CC1CN(C)c1nc(C(F)(F)F)ccc1C#N. The van der Waals surface area contributed by atoms with E-state index < -0.39 is 11.9 Å². The maximum Gasteiger partial charge on any atom is 0.433 e.